The van der Waals surface area contributed by atoms with Crippen LogP contribution in [0.4, 0.5) is 11.6 Å². The highest BCUT2D eigenvalue weighted by atomic mass is 16.1. The Hall–Kier alpha value is -3.22. The molecule has 0 aliphatic heterocycles. The zero-order chi connectivity index (χ0) is 16.2. The van der Waals surface area contributed by atoms with Crippen molar-refractivity contribution in [2.24, 2.45) is 0 Å². The smallest absolute Gasteiger partial charge is 0.255 e. The number of anilines is 2. The summed E-state index contributed by atoms with van der Waals surface area (Å²) < 4.78 is 1.70. The third-order valence-corrected chi connectivity index (χ3v) is 3.17. The molecule has 3 rings (SSSR count). The van der Waals surface area contributed by atoms with Crippen molar-refractivity contribution >= 4 is 17.5 Å². The SMILES string of the molecule is CN(C)c1ncc(NC(=O)c2cccc(-n3cccn3)c2)cn1. The number of carbonyl (C=O) groups is 1. The van der Waals surface area contributed by atoms with Crippen LogP contribution < -0.4 is 10.2 Å². The highest BCUT2D eigenvalue weighted by Gasteiger charge is 2.09. The van der Waals surface area contributed by atoms with Gasteiger partial charge in [-0.25, -0.2) is 14.6 Å². The van der Waals surface area contributed by atoms with Gasteiger partial charge in [-0.2, -0.15) is 5.10 Å². The lowest BCUT2D eigenvalue weighted by molar-refractivity contribution is 0.102. The minimum Gasteiger partial charge on any atom is -0.347 e. The van der Waals surface area contributed by atoms with Crippen LogP contribution in [-0.4, -0.2) is 39.8 Å². The molecule has 0 spiro atoms. The Morgan fingerprint density at radius 1 is 1.17 bits per heavy atom. The highest BCUT2D eigenvalue weighted by Crippen LogP contribution is 2.13. The number of carbonyl (C=O) groups excluding carboxylic acids is 1. The first-order valence-electron chi connectivity index (χ1n) is 7.04. The topological polar surface area (TPSA) is 75.9 Å². The number of benzene rings is 1. The minimum absolute atomic E-state index is 0.222. The molecule has 1 amide bonds. The van der Waals surface area contributed by atoms with Gasteiger partial charge in [0.05, 0.1) is 23.8 Å². The maximum atomic E-state index is 12.3. The molecule has 0 radical (unpaired) electrons. The van der Waals surface area contributed by atoms with Crippen LogP contribution in [0, 0.1) is 0 Å². The van der Waals surface area contributed by atoms with Crippen LogP contribution >= 0.6 is 0 Å². The van der Waals surface area contributed by atoms with Crippen LogP contribution in [0.25, 0.3) is 5.69 Å². The fraction of sp³-hybridized carbons (Fsp3) is 0.125. The largest absolute Gasteiger partial charge is 0.347 e. The van der Waals surface area contributed by atoms with Crippen molar-refractivity contribution in [3.8, 4) is 5.69 Å². The summed E-state index contributed by atoms with van der Waals surface area (Å²) in [7, 11) is 3.71. The van der Waals surface area contributed by atoms with Gasteiger partial charge in [0.1, 0.15) is 0 Å². The average molecular weight is 308 g/mol. The van der Waals surface area contributed by atoms with Crippen LogP contribution in [0.1, 0.15) is 10.4 Å². The molecule has 0 aliphatic rings. The lowest BCUT2D eigenvalue weighted by atomic mass is 10.2. The molecule has 0 bridgehead atoms. The molecule has 0 saturated carbocycles. The summed E-state index contributed by atoms with van der Waals surface area (Å²) in [4.78, 5) is 22.5. The van der Waals surface area contributed by atoms with Gasteiger partial charge >= 0.3 is 0 Å². The van der Waals surface area contributed by atoms with E-state index in [9.17, 15) is 4.79 Å². The number of rotatable bonds is 4. The monoisotopic (exact) mass is 308 g/mol. The summed E-state index contributed by atoms with van der Waals surface area (Å²) in [5, 5.41) is 6.94. The standard InChI is InChI=1S/C16H16N6O/c1-21(2)16-17-10-13(11-18-16)20-15(23)12-5-3-6-14(9-12)22-8-4-7-19-22/h3-11H,1-2H3,(H,20,23). The van der Waals surface area contributed by atoms with E-state index < -0.39 is 0 Å². The second-order valence-electron chi connectivity index (χ2n) is 5.12. The van der Waals surface area contributed by atoms with Crippen molar-refractivity contribution in [2.75, 3.05) is 24.3 Å². The predicted molar refractivity (Wildman–Crippen MR) is 87.9 cm³/mol. The molecule has 0 fully saturated rings. The highest BCUT2D eigenvalue weighted by molar-refractivity contribution is 6.04. The molecule has 2 heterocycles. The Morgan fingerprint density at radius 2 is 1.96 bits per heavy atom. The molecule has 7 nitrogen and oxygen atoms in total. The van der Waals surface area contributed by atoms with Crippen molar-refractivity contribution in [2.45, 2.75) is 0 Å². The minimum atomic E-state index is -0.222. The van der Waals surface area contributed by atoms with E-state index in [0.717, 1.165) is 5.69 Å². The van der Waals surface area contributed by atoms with Crippen molar-refractivity contribution < 1.29 is 4.79 Å². The van der Waals surface area contributed by atoms with Crippen LogP contribution in [0.5, 0.6) is 0 Å². The fourth-order valence-electron chi connectivity index (χ4n) is 2.03. The van der Waals surface area contributed by atoms with Crippen molar-refractivity contribution in [3.05, 3.63) is 60.7 Å². The summed E-state index contributed by atoms with van der Waals surface area (Å²) >= 11 is 0. The molecule has 0 saturated heterocycles. The van der Waals surface area contributed by atoms with Crippen LogP contribution in [0.15, 0.2) is 55.1 Å². The summed E-state index contributed by atoms with van der Waals surface area (Å²) in [6.45, 7) is 0. The summed E-state index contributed by atoms with van der Waals surface area (Å²) in [5.41, 5.74) is 1.90. The van der Waals surface area contributed by atoms with Gasteiger partial charge in [0.15, 0.2) is 0 Å². The first-order valence-corrected chi connectivity index (χ1v) is 7.04. The average Bonchev–Trinajstić information content (AvgIpc) is 3.10. The van der Waals surface area contributed by atoms with E-state index in [2.05, 4.69) is 20.4 Å². The third-order valence-electron chi connectivity index (χ3n) is 3.17. The lowest BCUT2D eigenvalue weighted by Crippen LogP contribution is -2.15. The quantitative estimate of drug-likeness (QED) is 0.797. The molecule has 3 aromatic rings. The van der Waals surface area contributed by atoms with Gasteiger partial charge < -0.3 is 10.2 Å². The van der Waals surface area contributed by atoms with Gasteiger partial charge in [-0.1, -0.05) is 6.07 Å². The molecular formula is C16H16N6O. The van der Waals surface area contributed by atoms with Crippen LogP contribution in [-0.2, 0) is 0 Å². The Kier molecular flexibility index (Phi) is 4.01. The van der Waals surface area contributed by atoms with Gasteiger partial charge in [-0.3, -0.25) is 4.79 Å². The Morgan fingerprint density at radius 3 is 2.61 bits per heavy atom. The Balaban J connectivity index is 1.77. The van der Waals surface area contributed by atoms with Gasteiger partial charge in [0.2, 0.25) is 5.95 Å². The maximum absolute atomic E-state index is 12.3. The van der Waals surface area contributed by atoms with E-state index in [1.165, 1.54) is 0 Å². The number of amides is 1. The first kappa shape index (κ1) is 14.7. The predicted octanol–water partition coefficient (Wildman–Crippen LogP) is 1.98. The number of nitrogens with zero attached hydrogens (tertiary/aromatic N) is 5. The Bertz CT molecular complexity index is 796. The fourth-order valence-corrected chi connectivity index (χ4v) is 2.03. The first-order chi connectivity index (χ1) is 11.1. The van der Waals surface area contributed by atoms with Crippen molar-refractivity contribution in [3.63, 3.8) is 0 Å². The van der Waals surface area contributed by atoms with E-state index in [1.807, 2.05) is 38.5 Å². The molecule has 0 atom stereocenters. The van der Waals surface area contributed by atoms with Gasteiger partial charge in [0.25, 0.3) is 5.91 Å². The van der Waals surface area contributed by atoms with Crippen molar-refractivity contribution in [1.82, 2.24) is 19.7 Å². The summed E-state index contributed by atoms with van der Waals surface area (Å²) in [6.07, 6.45) is 6.68. The maximum Gasteiger partial charge on any atom is 0.255 e. The van der Waals surface area contributed by atoms with Gasteiger partial charge in [-0.15, -0.1) is 0 Å². The number of hydrogen-bond acceptors (Lipinski definition) is 5. The van der Waals surface area contributed by atoms with E-state index in [-0.39, 0.29) is 5.91 Å². The van der Waals surface area contributed by atoms with Gasteiger partial charge in [-0.05, 0) is 24.3 Å². The molecular weight excluding hydrogens is 292 g/mol. The molecule has 0 unspecified atom stereocenters. The normalized spacial score (nSPS) is 10.3. The van der Waals surface area contributed by atoms with Crippen molar-refractivity contribution in [1.29, 1.82) is 0 Å². The second kappa shape index (κ2) is 6.27. The number of aromatic nitrogens is 4. The van der Waals surface area contributed by atoms with Crippen LogP contribution in [0.3, 0.4) is 0 Å². The molecule has 23 heavy (non-hydrogen) atoms. The summed E-state index contributed by atoms with van der Waals surface area (Å²) in [6, 6.07) is 9.06. The van der Waals surface area contributed by atoms with Gasteiger partial charge in [0, 0.05) is 32.1 Å². The van der Waals surface area contributed by atoms with E-state index in [1.54, 1.807) is 40.3 Å². The third kappa shape index (κ3) is 3.34. The molecule has 1 aromatic carbocycles. The van der Waals surface area contributed by atoms with E-state index in [4.69, 9.17) is 0 Å². The Labute approximate surface area is 133 Å². The van der Waals surface area contributed by atoms with E-state index >= 15 is 0 Å². The molecule has 0 aliphatic carbocycles. The molecule has 7 heteroatoms. The molecule has 1 N–H and O–H groups in total. The summed E-state index contributed by atoms with van der Waals surface area (Å²) in [5.74, 6) is 0.365. The molecule has 2 aromatic heterocycles. The zero-order valence-electron chi connectivity index (χ0n) is 12.8. The number of nitrogens with one attached hydrogen (secondary N) is 1. The van der Waals surface area contributed by atoms with E-state index in [0.29, 0.717) is 17.2 Å². The number of hydrogen-bond donors (Lipinski definition) is 1. The zero-order valence-corrected chi connectivity index (χ0v) is 12.8. The second-order valence-corrected chi connectivity index (χ2v) is 5.12. The molecule has 116 valence electrons. The van der Waals surface area contributed by atoms with Crippen LogP contribution in [0.2, 0.25) is 0 Å². The lowest BCUT2D eigenvalue weighted by Gasteiger charge is -2.10.